The second-order valence-electron chi connectivity index (χ2n) is 7.03. The maximum absolute atomic E-state index is 14.3. The number of ether oxygens (including phenoxy) is 1. The van der Waals surface area contributed by atoms with Gasteiger partial charge < -0.3 is 4.74 Å². The number of hydrogen-bond donors (Lipinski definition) is 0. The highest BCUT2D eigenvalue weighted by Crippen LogP contribution is 2.44. The van der Waals surface area contributed by atoms with Gasteiger partial charge in [0.25, 0.3) is 10.1 Å². The van der Waals surface area contributed by atoms with Crippen LogP contribution in [0.4, 0.5) is 4.39 Å². The number of rotatable bonds is 5. The van der Waals surface area contributed by atoms with Gasteiger partial charge in [-0.3, -0.25) is 4.18 Å². The molecule has 0 aliphatic carbocycles. The van der Waals surface area contributed by atoms with Gasteiger partial charge in [-0.2, -0.15) is 8.42 Å². The lowest BCUT2D eigenvalue weighted by atomic mass is 10.00. The largest absolute Gasteiger partial charge is 0.487 e. The smallest absolute Gasteiger partial charge is 0.297 e. The van der Waals surface area contributed by atoms with Gasteiger partial charge in [-0.05, 0) is 43.3 Å². The monoisotopic (exact) mass is 466 g/mol. The molecule has 0 N–H and O–H groups in total. The molecule has 1 aliphatic heterocycles. The van der Waals surface area contributed by atoms with Gasteiger partial charge in [0.2, 0.25) is 0 Å². The Balaban J connectivity index is 1.57. The summed E-state index contributed by atoms with van der Waals surface area (Å²) < 4.78 is 50.3. The maximum atomic E-state index is 14.3. The molecule has 3 aromatic rings. The molecule has 1 aliphatic rings. The molecule has 0 radical (unpaired) electrons. The van der Waals surface area contributed by atoms with Crippen LogP contribution in [0.25, 0.3) is 11.1 Å². The standard InChI is InChI=1S/C22H17Cl2FO4S/c1-13-5-7-17(8-6-13)30(26,27)28-12-16-10-14-9-15(25)11-18(22(14)29-16)21-19(23)3-2-4-20(21)24/h2-9,11,16H,10,12H2,1H3. The molecular formula is C22H17Cl2FO4S. The molecular weight excluding hydrogens is 450 g/mol. The zero-order valence-electron chi connectivity index (χ0n) is 15.9. The van der Waals surface area contributed by atoms with Gasteiger partial charge in [-0.1, -0.05) is 47.0 Å². The fraction of sp³-hybridized carbons (Fsp3) is 0.182. The Morgan fingerprint density at radius 3 is 2.43 bits per heavy atom. The van der Waals surface area contributed by atoms with E-state index in [2.05, 4.69) is 0 Å². The number of hydrogen-bond acceptors (Lipinski definition) is 4. The molecule has 0 bridgehead atoms. The van der Waals surface area contributed by atoms with E-state index in [-0.39, 0.29) is 11.5 Å². The molecule has 1 atom stereocenters. The highest BCUT2D eigenvalue weighted by Gasteiger charge is 2.30. The first kappa shape index (κ1) is 21.1. The third-order valence-corrected chi connectivity index (χ3v) is 6.74. The molecule has 1 unspecified atom stereocenters. The van der Waals surface area contributed by atoms with Crippen LogP contribution in [0.5, 0.6) is 5.75 Å². The van der Waals surface area contributed by atoms with Crippen LogP contribution in [0.1, 0.15) is 11.1 Å². The molecule has 4 rings (SSSR count). The Morgan fingerprint density at radius 1 is 1.10 bits per heavy atom. The van der Waals surface area contributed by atoms with Gasteiger partial charge >= 0.3 is 0 Å². The van der Waals surface area contributed by atoms with E-state index in [9.17, 15) is 12.8 Å². The molecule has 0 saturated carbocycles. The quantitative estimate of drug-likeness (QED) is 0.444. The van der Waals surface area contributed by atoms with Crippen molar-refractivity contribution in [2.45, 2.75) is 24.3 Å². The number of aryl methyl sites for hydroxylation is 1. The Morgan fingerprint density at radius 2 is 1.77 bits per heavy atom. The van der Waals surface area contributed by atoms with E-state index < -0.39 is 22.0 Å². The van der Waals surface area contributed by atoms with Crippen molar-refractivity contribution < 1.29 is 21.7 Å². The van der Waals surface area contributed by atoms with Gasteiger partial charge in [0.05, 0.1) is 14.9 Å². The summed E-state index contributed by atoms with van der Waals surface area (Å²) in [5.74, 6) is -0.0371. The van der Waals surface area contributed by atoms with Crippen LogP contribution >= 0.6 is 23.2 Å². The second kappa shape index (κ2) is 8.19. The van der Waals surface area contributed by atoms with E-state index in [0.717, 1.165) is 5.56 Å². The summed E-state index contributed by atoms with van der Waals surface area (Å²) in [6.07, 6.45) is -0.298. The van der Waals surface area contributed by atoms with Crippen molar-refractivity contribution in [2.75, 3.05) is 6.61 Å². The van der Waals surface area contributed by atoms with Crippen molar-refractivity contribution in [3.05, 3.63) is 81.6 Å². The average Bonchev–Trinajstić information content (AvgIpc) is 3.09. The van der Waals surface area contributed by atoms with Crippen molar-refractivity contribution in [2.24, 2.45) is 0 Å². The van der Waals surface area contributed by atoms with Crippen LogP contribution in [0.2, 0.25) is 10.0 Å². The van der Waals surface area contributed by atoms with Crippen molar-refractivity contribution in [1.29, 1.82) is 0 Å². The van der Waals surface area contributed by atoms with Gasteiger partial charge in [-0.25, -0.2) is 4.39 Å². The lowest BCUT2D eigenvalue weighted by Crippen LogP contribution is -2.23. The van der Waals surface area contributed by atoms with Crippen molar-refractivity contribution in [1.82, 2.24) is 0 Å². The lowest BCUT2D eigenvalue weighted by Gasteiger charge is -2.14. The average molecular weight is 467 g/mol. The Kier molecular flexibility index (Phi) is 5.77. The summed E-state index contributed by atoms with van der Waals surface area (Å²) in [6.45, 7) is 1.66. The van der Waals surface area contributed by atoms with Crippen molar-refractivity contribution in [3.8, 4) is 16.9 Å². The minimum Gasteiger partial charge on any atom is -0.487 e. The third kappa shape index (κ3) is 4.18. The molecule has 0 saturated heterocycles. The number of halogens is 3. The summed E-state index contributed by atoms with van der Waals surface area (Å²) in [5, 5.41) is 0.723. The second-order valence-corrected chi connectivity index (χ2v) is 9.46. The molecule has 156 valence electrons. The van der Waals surface area contributed by atoms with E-state index in [1.807, 2.05) is 6.92 Å². The molecule has 0 spiro atoms. The molecule has 1 heterocycles. The summed E-state index contributed by atoms with van der Waals surface area (Å²) in [7, 11) is -3.93. The van der Waals surface area contributed by atoms with Gasteiger partial charge in [-0.15, -0.1) is 0 Å². The van der Waals surface area contributed by atoms with Crippen LogP contribution in [-0.4, -0.2) is 21.1 Å². The third-order valence-electron chi connectivity index (χ3n) is 4.81. The molecule has 0 amide bonds. The molecule has 0 aromatic heterocycles. The topological polar surface area (TPSA) is 52.6 Å². The number of benzene rings is 3. The Bertz CT molecular complexity index is 1190. The number of fused-ring (bicyclic) bond motifs is 1. The minimum absolute atomic E-state index is 0.0678. The molecule has 0 fully saturated rings. The van der Waals surface area contributed by atoms with Gasteiger partial charge in [0.1, 0.15) is 24.3 Å². The fourth-order valence-electron chi connectivity index (χ4n) is 3.37. The summed E-state index contributed by atoms with van der Waals surface area (Å²) in [6, 6.07) is 14.0. The Hall–Kier alpha value is -2.12. The van der Waals surface area contributed by atoms with Crippen LogP contribution in [-0.2, 0) is 20.7 Å². The predicted octanol–water partition coefficient (Wildman–Crippen LogP) is 5.82. The molecule has 30 heavy (non-hydrogen) atoms. The van der Waals surface area contributed by atoms with E-state index in [4.69, 9.17) is 32.1 Å². The van der Waals surface area contributed by atoms with Crippen molar-refractivity contribution in [3.63, 3.8) is 0 Å². The van der Waals surface area contributed by atoms with Crippen molar-refractivity contribution >= 4 is 33.3 Å². The first-order valence-electron chi connectivity index (χ1n) is 9.14. The predicted molar refractivity (Wildman–Crippen MR) is 114 cm³/mol. The van der Waals surface area contributed by atoms with Gasteiger partial charge in [0.15, 0.2) is 0 Å². The lowest BCUT2D eigenvalue weighted by molar-refractivity contribution is 0.152. The highest BCUT2D eigenvalue weighted by molar-refractivity contribution is 7.86. The molecule has 3 aromatic carbocycles. The molecule has 4 nitrogen and oxygen atoms in total. The first-order valence-corrected chi connectivity index (χ1v) is 11.3. The van der Waals surface area contributed by atoms with Crippen LogP contribution in [0.15, 0.2) is 59.5 Å². The van der Waals surface area contributed by atoms with Crippen LogP contribution < -0.4 is 4.74 Å². The van der Waals surface area contributed by atoms with Gasteiger partial charge in [0, 0.05) is 23.1 Å². The summed E-state index contributed by atoms with van der Waals surface area (Å²) in [4.78, 5) is 0.0678. The molecule has 8 heteroatoms. The zero-order chi connectivity index (χ0) is 21.5. The first-order chi connectivity index (χ1) is 14.2. The van der Waals surface area contributed by atoms with E-state index in [0.29, 0.717) is 38.9 Å². The van der Waals surface area contributed by atoms with E-state index >= 15 is 0 Å². The van der Waals surface area contributed by atoms with E-state index in [1.54, 1.807) is 30.3 Å². The zero-order valence-corrected chi connectivity index (χ0v) is 18.2. The SMILES string of the molecule is Cc1ccc(S(=O)(=O)OCC2Cc3cc(F)cc(-c4c(Cl)cccc4Cl)c3O2)cc1. The summed E-state index contributed by atoms with van der Waals surface area (Å²) in [5.41, 5.74) is 2.42. The van der Waals surface area contributed by atoms with Crippen LogP contribution in [0.3, 0.4) is 0 Å². The fourth-order valence-corrected chi connectivity index (χ4v) is 4.90. The minimum atomic E-state index is -3.93. The Labute approximate surface area is 184 Å². The summed E-state index contributed by atoms with van der Waals surface area (Å²) >= 11 is 12.6. The normalized spacial score (nSPS) is 15.7. The maximum Gasteiger partial charge on any atom is 0.297 e. The van der Waals surface area contributed by atoms with E-state index in [1.165, 1.54) is 24.3 Å². The van der Waals surface area contributed by atoms with Crippen LogP contribution in [0, 0.1) is 12.7 Å². The highest BCUT2D eigenvalue weighted by atomic mass is 35.5.